The van der Waals surface area contributed by atoms with E-state index in [1.807, 2.05) is 36.4 Å². The molecule has 0 radical (unpaired) electrons. The molecule has 0 aliphatic carbocycles. The molecular formula is C25H20N2O4. The number of fused-ring (bicyclic) bond motifs is 1. The molecule has 0 bridgehead atoms. The lowest BCUT2D eigenvalue weighted by Crippen LogP contribution is -2.25. The maximum atomic E-state index is 12.9. The van der Waals surface area contributed by atoms with Crippen molar-refractivity contribution in [2.24, 2.45) is 0 Å². The van der Waals surface area contributed by atoms with Crippen molar-refractivity contribution in [2.45, 2.75) is 13.0 Å². The summed E-state index contributed by atoms with van der Waals surface area (Å²) in [7, 11) is 1.63. The molecule has 2 heterocycles. The van der Waals surface area contributed by atoms with Gasteiger partial charge >= 0.3 is 11.7 Å². The van der Waals surface area contributed by atoms with Gasteiger partial charge in [-0.1, -0.05) is 36.1 Å². The lowest BCUT2D eigenvalue weighted by atomic mass is 10.1. The standard InChI is InChI=1S/C25H20N2O4/c1-31-23-7-3-5-18(15-23)4-2-6-20-14-22-12-13-26(25(30)27(22)17-20)16-19-8-10-21(11-9-19)24(28)29/h3,5,7-15,17H,4,16H2,1H3,(H,28,29). The second-order valence-corrected chi connectivity index (χ2v) is 7.08. The molecule has 0 spiro atoms. The number of rotatable bonds is 5. The van der Waals surface area contributed by atoms with Crippen molar-refractivity contribution in [1.29, 1.82) is 0 Å². The number of hydrogen-bond donors (Lipinski definition) is 1. The van der Waals surface area contributed by atoms with Crippen LogP contribution in [0.2, 0.25) is 0 Å². The fourth-order valence-electron chi connectivity index (χ4n) is 3.31. The third kappa shape index (κ3) is 4.51. The maximum Gasteiger partial charge on any atom is 0.335 e. The quantitative estimate of drug-likeness (QED) is 0.510. The van der Waals surface area contributed by atoms with Crippen LogP contribution in [0.15, 0.2) is 77.9 Å². The molecule has 31 heavy (non-hydrogen) atoms. The van der Waals surface area contributed by atoms with Gasteiger partial charge in [-0.3, -0.25) is 8.97 Å². The zero-order valence-electron chi connectivity index (χ0n) is 16.9. The summed E-state index contributed by atoms with van der Waals surface area (Å²) >= 11 is 0. The zero-order chi connectivity index (χ0) is 21.8. The third-order valence-corrected chi connectivity index (χ3v) is 4.94. The van der Waals surface area contributed by atoms with Crippen molar-refractivity contribution >= 4 is 11.5 Å². The molecule has 0 atom stereocenters. The molecule has 2 aromatic heterocycles. The molecule has 0 saturated carbocycles. The maximum absolute atomic E-state index is 12.9. The molecule has 0 unspecified atom stereocenters. The van der Waals surface area contributed by atoms with Crippen LogP contribution < -0.4 is 10.4 Å². The van der Waals surface area contributed by atoms with Crippen LogP contribution in [-0.2, 0) is 13.0 Å². The van der Waals surface area contributed by atoms with Crippen LogP contribution in [0, 0.1) is 11.8 Å². The van der Waals surface area contributed by atoms with E-state index in [9.17, 15) is 9.59 Å². The van der Waals surface area contributed by atoms with Crippen molar-refractivity contribution in [1.82, 2.24) is 8.97 Å². The summed E-state index contributed by atoms with van der Waals surface area (Å²) in [6.07, 6.45) is 4.05. The average molecular weight is 412 g/mol. The van der Waals surface area contributed by atoms with Crippen LogP contribution in [0.4, 0.5) is 0 Å². The highest BCUT2D eigenvalue weighted by Gasteiger charge is 2.06. The number of aromatic nitrogens is 2. The van der Waals surface area contributed by atoms with Crippen molar-refractivity contribution in [3.05, 3.63) is 106 Å². The fraction of sp³-hybridized carbons (Fsp3) is 0.120. The number of hydrogen-bond acceptors (Lipinski definition) is 3. The van der Waals surface area contributed by atoms with E-state index in [1.54, 1.807) is 40.6 Å². The molecule has 6 heteroatoms. The van der Waals surface area contributed by atoms with E-state index in [0.29, 0.717) is 13.0 Å². The van der Waals surface area contributed by atoms with E-state index in [2.05, 4.69) is 11.8 Å². The van der Waals surface area contributed by atoms with E-state index in [0.717, 1.165) is 28.0 Å². The summed E-state index contributed by atoms with van der Waals surface area (Å²) in [5, 5.41) is 9.00. The van der Waals surface area contributed by atoms with Gasteiger partial charge < -0.3 is 9.84 Å². The largest absolute Gasteiger partial charge is 0.497 e. The first-order chi connectivity index (χ1) is 15.0. The Kier molecular flexibility index (Phi) is 5.59. The first-order valence-corrected chi connectivity index (χ1v) is 9.69. The normalized spacial score (nSPS) is 10.5. The van der Waals surface area contributed by atoms with Crippen molar-refractivity contribution in [2.75, 3.05) is 7.11 Å². The van der Waals surface area contributed by atoms with Gasteiger partial charge in [-0.15, -0.1) is 0 Å². The van der Waals surface area contributed by atoms with Gasteiger partial charge in [-0.25, -0.2) is 9.59 Å². The highest BCUT2D eigenvalue weighted by molar-refractivity contribution is 5.87. The van der Waals surface area contributed by atoms with Crippen LogP contribution in [0.1, 0.15) is 27.0 Å². The van der Waals surface area contributed by atoms with E-state index < -0.39 is 5.97 Å². The number of methoxy groups -OCH3 is 1. The number of nitrogens with zero attached hydrogens (tertiary/aromatic N) is 2. The second-order valence-electron chi connectivity index (χ2n) is 7.08. The predicted octanol–water partition coefficient (Wildman–Crippen LogP) is 3.45. The summed E-state index contributed by atoms with van der Waals surface area (Å²) < 4.78 is 8.38. The Hall–Kier alpha value is -4.24. The van der Waals surface area contributed by atoms with Crippen LogP contribution >= 0.6 is 0 Å². The minimum Gasteiger partial charge on any atom is -0.497 e. The first-order valence-electron chi connectivity index (χ1n) is 9.69. The van der Waals surface area contributed by atoms with Crippen molar-refractivity contribution in [3.8, 4) is 17.6 Å². The van der Waals surface area contributed by atoms with Gasteiger partial charge in [-0.2, -0.15) is 0 Å². The SMILES string of the molecule is COc1cccc(CC#Cc2cc3ccn(Cc4ccc(C(=O)O)cc4)c(=O)n3c2)c1. The Labute approximate surface area is 179 Å². The van der Waals surface area contributed by atoms with E-state index in [-0.39, 0.29) is 11.3 Å². The van der Waals surface area contributed by atoms with Crippen molar-refractivity contribution < 1.29 is 14.6 Å². The van der Waals surface area contributed by atoms with Gasteiger partial charge in [-0.05, 0) is 47.5 Å². The van der Waals surface area contributed by atoms with Crippen molar-refractivity contribution in [3.63, 3.8) is 0 Å². The van der Waals surface area contributed by atoms with Gasteiger partial charge in [0.05, 0.1) is 24.7 Å². The summed E-state index contributed by atoms with van der Waals surface area (Å²) in [4.78, 5) is 23.8. The molecule has 0 fully saturated rings. The Balaban J connectivity index is 1.54. The van der Waals surface area contributed by atoms with E-state index in [4.69, 9.17) is 9.84 Å². The summed E-state index contributed by atoms with van der Waals surface area (Å²) in [5.74, 6) is 6.08. The molecular weight excluding hydrogens is 392 g/mol. The highest BCUT2D eigenvalue weighted by atomic mass is 16.5. The Morgan fingerprint density at radius 3 is 2.61 bits per heavy atom. The molecule has 0 saturated heterocycles. The smallest absolute Gasteiger partial charge is 0.335 e. The number of carboxylic acid groups (broad SMARTS) is 1. The minimum atomic E-state index is -0.975. The second kappa shape index (κ2) is 8.64. The zero-order valence-corrected chi connectivity index (χ0v) is 16.9. The molecule has 0 amide bonds. The third-order valence-electron chi connectivity index (χ3n) is 4.94. The Morgan fingerprint density at radius 2 is 1.87 bits per heavy atom. The number of ether oxygens (including phenoxy) is 1. The van der Waals surface area contributed by atoms with Crippen LogP contribution in [0.25, 0.3) is 5.52 Å². The number of carboxylic acids is 1. The monoisotopic (exact) mass is 412 g/mol. The summed E-state index contributed by atoms with van der Waals surface area (Å²) in [6.45, 7) is 0.351. The molecule has 1 N–H and O–H groups in total. The predicted molar refractivity (Wildman–Crippen MR) is 118 cm³/mol. The van der Waals surface area contributed by atoms with Gasteiger partial charge in [0.25, 0.3) is 0 Å². The molecule has 6 nitrogen and oxygen atoms in total. The van der Waals surface area contributed by atoms with Gasteiger partial charge in [0, 0.05) is 24.4 Å². The lowest BCUT2D eigenvalue weighted by Gasteiger charge is -2.07. The molecule has 4 aromatic rings. The van der Waals surface area contributed by atoms with Gasteiger partial charge in [0.2, 0.25) is 0 Å². The number of aromatic carboxylic acids is 1. The number of benzene rings is 2. The molecule has 0 aliphatic heterocycles. The summed E-state index contributed by atoms with van der Waals surface area (Å²) in [5.41, 5.74) is 3.48. The highest BCUT2D eigenvalue weighted by Crippen LogP contribution is 2.13. The van der Waals surface area contributed by atoms with E-state index >= 15 is 0 Å². The van der Waals surface area contributed by atoms with Gasteiger partial charge in [0.1, 0.15) is 5.75 Å². The molecule has 0 aliphatic rings. The average Bonchev–Trinajstić information content (AvgIpc) is 3.20. The fourth-order valence-corrected chi connectivity index (χ4v) is 3.31. The van der Waals surface area contributed by atoms with Gasteiger partial charge in [0.15, 0.2) is 0 Å². The summed E-state index contributed by atoms with van der Waals surface area (Å²) in [6, 6.07) is 18.0. The Morgan fingerprint density at radius 1 is 1.06 bits per heavy atom. The van der Waals surface area contributed by atoms with Crippen LogP contribution in [0.5, 0.6) is 5.75 Å². The topological polar surface area (TPSA) is 72.9 Å². The molecule has 4 rings (SSSR count). The molecule has 2 aromatic carbocycles. The van der Waals surface area contributed by atoms with Crippen LogP contribution in [0.3, 0.4) is 0 Å². The van der Waals surface area contributed by atoms with Crippen LogP contribution in [-0.4, -0.2) is 27.2 Å². The van der Waals surface area contributed by atoms with E-state index in [1.165, 1.54) is 12.1 Å². The lowest BCUT2D eigenvalue weighted by molar-refractivity contribution is 0.0697. The minimum absolute atomic E-state index is 0.180. The Bertz CT molecular complexity index is 1370. The number of carbonyl (C=O) groups is 1. The first kappa shape index (κ1) is 20.0. The molecule has 154 valence electrons.